The van der Waals surface area contributed by atoms with Crippen LogP contribution in [0.25, 0.3) is 0 Å². The Morgan fingerprint density at radius 1 is 1.08 bits per heavy atom. The number of halogens is 4. The molecule has 0 spiro atoms. The average Bonchev–Trinajstić information content (AvgIpc) is 2.58. The fourth-order valence-electron chi connectivity index (χ4n) is 3.37. The number of aryl methyl sites for hydroxylation is 1. The molecule has 25 heavy (non-hydrogen) atoms. The quantitative estimate of drug-likeness (QED) is 0.667. The molecule has 1 aliphatic heterocycles. The van der Waals surface area contributed by atoms with Gasteiger partial charge in [0.1, 0.15) is 5.82 Å². The van der Waals surface area contributed by atoms with Gasteiger partial charge in [-0.15, -0.1) is 0 Å². The molecule has 0 bridgehead atoms. The Labute approximate surface area is 151 Å². The number of hydrogen-bond acceptors (Lipinski definition) is 1. The highest BCUT2D eigenvalue weighted by molar-refractivity contribution is 6.30. The van der Waals surface area contributed by atoms with Crippen LogP contribution < -0.4 is 0 Å². The molecule has 5 heteroatoms. The van der Waals surface area contributed by atoms with E-state index in [4.69, 9.17) is 11.6 Å². The van der Waals surface area contributed by atoms with Gasteiger partial charge >= 0.3 is 0 Å². The van der Waals surface area contributed by atoms with Gasteiger partial charge in [-0.1, -0.05) is 41.9 Å². The van der Waals surface area contributed by atoms with Crippen LogP contribution in [-0.4, -0.2) is 23.9 Å². The number of hydrogen-bond donors (Lipinski definition) is 0. The molecule has 2 aromatic rings. The maximum atomic E-state index is 14.3. The summed E-state index contributed by atoms with van der Waals surface area (Å²) in [6, 6.07) is 13.9. The first-order valence-corrected chi connectivity index (χ1v) is 8.90. The van der Waals surface area contributed by atoms with Crippen molar-refractivity contribution in [3.63, 3.8) is 0 Å². The molecule has 134 valence electrons. The molecular formula is C20H21ClF3N. The Bertz CT molecular complexity index is 702. The Hall–Kier alpha value is -1.52. The summed E-state index contributed by atoms with van der Waals surface area (Å²) in [5.74, 6) is -3.77. The first-order valence-electron chi connectivity index (χ1n) is 8.52. The summed E-state index contributed by atoms with van der Waals surface area (Å²) in [5, 5.41) is 0.664. The molecule has 1 atom stereocenters. The van der Waals surface area contributed by atoms with Crippen LogP contribution in [0, 0.1) is 11.7 Å². The number of nitrogens with zero attached hydrogens (tertiary/aromatic N) is 1. The van der Waals surface area contributed by atoms with Gasteiger partial charge in [0.2, 0.25) is 0 Å². The van der Waals surface area contributed by atoms with Gasteiger partial charge in [0, 0.05) is 37.0 Å². The SMILES string of the molecule is Fc1ccccc1CCC1CN(Cc2ccc(Cl)cc2)CCC1(F)F. The van der Waals surface area contributed by atoms with E-state index in [2.05, 4.69) is 0 Å². The predicted octanol–water partition coefficient (Wildman–Crippen LogP) is 5.57. The monoisotopic (exact) mass is 367 g/mol. The Morgan fingerprint density at radius 2 is 1.80 bits per heavy atom. The molecule has 2 aromatic carbocycles. The lowest BCUT2D eigenvalue weighted by Crippen LogP contribution is -2.46. The zero-order valence-electron chi connectivity index (χ0n) is 13.9. The van der Waals surface area contributed by atoms with E-state index in [1.165, 1.54) is 6.07 Å². The lowest BCUT2D eigenvalue weighted by molar-refractivity contribution is -0.109. The molecule has 3 rings (SSSR count). The van der Waals surface area contributed by atoms with Crippen molar-refractivity contribution >= 4 is 11.6 Å². The molecule has 0 N–H and O–H groups in total. The summed E-state index contributed by atoms with van der Waals surface area (Å²) in [6.07, 6.45) is 0.468. The van der Waals surface area contributed by atoms with Crippen LogP contribution in [0.5, 0.6) is 0 Å². The zero-order valence-corrected chi connectivity index (χ0v) is 14.7. The highest BCUT2D eigenvalue weighted by Gasteiger charge is 2.43. The van der Waals surface area contributed by atoms with Gasteiger partial charge in [-0.25, -0.2) is 13.2 Å². The van der Waals surface area contributed by atoms with E-state index in [1.807, 2.05) is 29.2 Å². The molecule has 1 nitrogen and oxygen atoms in total. The second kappa shape index (κ2) is 7.79. The van der Waals surface area contributed by atoms with Gasteiger partial charge in [-0.2, -0.15) is 0 Å². The summed E-state index contributed by atoms with van der Waals surface area (Å²) in [7, 11) is 0. The molecule has 1 saturated heterocycles. The van der Waals surface area contributed by atoms with Crippen LogP contribution >= 0.6 is 11.6 Å². The summed E-state index contributed by atoms with van der Waals surface area (Å²) in [4.78, 5) is 2.05. The fourth-order valence-corrected chi connectivity index (χ4v) is 3.50. The molecule has 1 aliphatic rings. The normalized spacial score (nSPS) is 20.6. The van der Waals surface area contributed by atoms with Crippen molar-refractivity contribution in [2.75, 3.05) is 13.1 Å². The van der Waals surface area contributed by atoms with E-state index in [1.54, 1.807) is 18.2 Å². The minimum atomic E-state index is -2.69. The Kier molecular flexibility index (Phi) is 5.70. The van der Waals surface area contributed by atoms with E-state index >= 15 is 0 Å². The molecule has 0 saturated carbocycles. The Morgan fingerprint density at radius 3 is 2.52 bits per heavy atom. The van der Waals surface area contributed by atoms with Gasteiger partial charge in [-0.05, 0) is 42.2 Å². The fraction of sp³-hybridized carbons (Fsp3) is 0.400. The van der Waals surface area contributed by atoms with E-state index in [9.17, 15) is 13.2 Å². The highest BCUT2D eigenvalue weighted by Crippen LogP contribution is 2.36. The van der Waals surface area contributed by atoms with Crippen molar-refractivity contribution in [2.24, 2.45) is 5.92 Å². The molecule has 1 fully saturated rings. The van der Waals surface area contributed by atoms with Crippen molar-refractivity contribution in [2.45, 2.75) is 31.7 Å². The van der Waals surface area contributed by atoms with Crippen molar-refractivity contribution in [3.05, 3.63) is 70.5 Å². The molecule has 0 amide bonds. The first kappa shape index (κ1) is 18.3. The number of alkyl halides is 2. The van der Waals surface area contributed by atoms with Crippen LogP contribution in [0.15, 0.2) is 48.5 Å². The van der Waals surface area contributed by atoms with Crippen LogP contribution in [0.3, 0.4) is 0 Å². The largest absolute Gasteiger partial charge is 0.298 e. The average molecular weight is 368 g/mol. The summed E-state index contributed by atoms with van der Waals surface area (Å²) < 4.78 is 42.3. The van der Waals surface area contributed by atoms with Crippen LogP contribution in [-0.2, 0) is 13.0 Å². The van der Waals surface area contributed by atoms with Crippen molar-refractivity contribution in [1.82, 2.24) is 4.90 Å². The van der Waals surface area contributed by atoms with Crippen LogP contribution in [0.4, 0.5) is 13.2 Å². The number of benzene rings is 2. The second-order valence-electron chi connectivity index (χ2n) is 6.70. The zero-order chi connectivity index (χ0) is 17.9. The third-order valence-electron chi connectivity index (χ3n) is 4.88. The lowest BCUT2D eigenvalue weighted by atomic mass is 9.88. The number of likely N-dealkylation sites (tertiary alicyclic amines) is 1. The maximum absolute atomic E-state index is 14.3. The maximum Gasteiger partial charge on any atom is 0.253 e. The van der Waals surface area contributed by atoms with E-state index < -0.39 is 11.8 Å². The van der Waals surface area contributed by atoms with E-state index in [0.717, 1.165) is 5.56 Å². The van der Waals surface area contributed by atoms with Gasteiger partial charge < -0.3 is 0 Å². The summed E-state index contributed by atoms with van der Waals surface area (Å²) in [5.41, 5.74) is 1.57. The van der Waals surface area contributed by atoms with Gasteiger partial charge in [-0.3, -0.25) is 4.90 Å². The first-order chi connectivity index (χ1) is 11.9. The third kappa shape index (κ3) is 4.77. The lowest BCUT2D eigenvalue weighted by Gasteiger charge is -2.38. The van der Waals surface area contributed by atoms with E-state index in [0.29, 0.717) is 36.6 Å². The van der Waals surface area contributed by atoms with Crippen molar-refractivity contribution < 1.29 is 13.2 Å². The van der Waals surface area contributed by atoms with Crippen molar-refractivity contribution in [3.8, 4) is 0 Å². The number of rotatable bonds is 5. The van der Waals surface area contributed by atoms with Crippen LogP contribution in [0.2, 0.25) is 5.02 Å². The van der Waals surface area contributed by atoms with Gasteiger partial charge in [0.15, 0.2) is 0 Å². The number of piperidine rings is 1. The topological polar surface area (TPSA) is 3.24 Å². The molecule has 0 aromatic heterocycles. The minimum Gasteiger partial charge on any atom is -0.298 e. The van der Waals surface area contributed by atoms with Crippen LogP contribution in [0.1, 0.15) is 24.0 Å². The summed E-state index contributed by atoms with van der Waals surface area (Å²) in [6.45, 7) is 1.32. The van der Waals surface area contributed by atoms with Gasteiger partial charge in [0.05, 0.1) is 0 Å². The highest BCUT2D eigenvalue weighted by atomic mass is 35.5. The minimum absolute atomic E-state index is 0.150. The molecule has 1 unspecified atom stereocenters. The smallest absolute Gasteiger partial charge is 0.253 e. The predicted molar refractivity (Wildman–Crippen MR) is 94.5 cm³/mol. The molecule has 1 heterocycles. The second-order valence-corrected chi connectivity index (χ2v) is 7.14. The molecular weight excluding hydrogens is 347 g/mol. The molecule has 0 aliphatic carbocycles. The molecule has 0 radical (unpaired) electrons. The third-order valence-corrected chi connectivity index (χ3v) is 5.13. The standard InChI is InChI=1S/C20H21ClF3N/c21-18-9-5-15(6-10-18)13-25-12-11-20(23,24)17(14-25)8-7-16-3-1-2-4-19(16)22/h1-6,9-10,17H,7-8,11-14H2. The Balaban J connectivity index is 1.62. The van der Waals surface area contributed by atoms with Crippen molar-refractivity contribution in [1.29, 1.82) is 0 Å². The van der Waals surface area contributed by atoms with Gasteiger partial charge in [0.25, 0.3) is 5.92 Å². The van der Waals surface area contributed by atoms with E-state index in [-0.39, 0.29) is 18.7 Å². The summed E-state index contributed by atoms with van der Waals surface area (Å²) >= 11 is 5.88.